The molecule has 6 rings (SSSR count). The molecule has 2 aliphatic rings. The molecule has 2 heterocycles. The molecule has 3 N–H and O–H groups in total. The van der Waals surface area contributed by atoms with E-state index in [2.05, 4.69) is 68.2 Å². The molecule has 0 unspecified atom stereocenters. The molecule has 0 spiro atoms. The number of rotatable bonds is 2. The van der Waals surface area contributed by atoms with Gasteiger partial charge in [-0.1, -0.05) is 55.4 Å². The van der Waals surface area contributed by atoms with Gasteiger partial charge < -0.3 is 11.1 Å². The maximum Gasteiger partial charge on any atom is 0.416 e. The summed E-state index contributed by atoms with van der Waals surface area (Å²) in [5, 5.41) is 6.88. The maximum atomic E-state index is 13.1. The largest absolute Gasteiger partial charge is 0.416 e. The average molecular weight is 924 g/mol. The van der Waals surface area contributed by atoms with Crippen molar-refractivity contribution in [1.82, 2.24) is 0 Å². The van der Waals surface area contributed by atoms with Crippen molar-refractivity contribution < 1.29 is 52.7 Å². The Kier molecular flexibility index (Phi) is 12.8. The molecule has 2 aromatic heterocycles. The number of anilines is 3. The van der Waals surface area contributed by atoms with Crippen molar-refractivity contribution in [3.63, 3.8) is 0 Å². The molecule has 0 radical (unpaired) electrons. The van der Waals surface area contributed by atoms with Gasteiger partial charge in [0.05, 0.1) is 27.9 Å². The fourth-order valence-electron chi connectivity index (χ4n) is 6.97. The maximum absolute atomic E-state index is 13.1. The minimum atomic E-state index is -4.87. The Morgan fingerprint density at radius 3 is 1.23 bits per heavy atom. The van der Waals surface area contributed by atoms with Crippen molar-refractivity contribution in [1.29, 1.82) is 0 Å². The molecular formula is C40H43BrF12N2S2. The lowest BCUT2D eigenvalue weighted by atomic mass is 9.66. The van der Waals surface area contributed by atoms with E-state index in [-0.39, 0.29) is 28.7 Å². The quantitative estimate of drug-likeness (QED) is 0.155. The minimum absolute atomic E-state index is 0.0242. The van der Waals surface area contributed by atoms with Gasteiger partial charge in [-0.05, 0) is 111 Å². The third-order valence-corrected chi connectivity index (χ3v) is 14.0. The molecule has 17 heteroatoms. The van der Waals surface area contributed by atoms with Crippen molar-refractivity contribution >= 4 is 55.7 Å². The van der Waals surface area contributed by atoms with Crippen LogP contribution in [0.15, 0.2) is 51.6 Å². The van der Waals surface area contributed by atoms with Crippen LogP contribution in [0.5, 0.6) is 0 Å². The Morgan fingerprint density at radius 2 is 0.842 bits per heavy atom. The molecule has 4 aromatic rings. The number of nitrogens with two attached hydrogens (primary N) is 1. The Hall–Kier alpha value is -2.92. The number of benzene rings is 2. The number of alkyl halides is 12. The Bertz CT molecular complexity index is 2000. The van der Waals surface area contributed by atoms with E-state index in [1.165, 1.54) is 28.7 Å². The first-order valence-corrected chi connectivity index (χ1v) is 20.1. The van der Waals surface area contributed by atoms with Gasteiger partial charge in [-0.2, -0.15) is 52.7 Å². The van der Waals surface area contributed by atoms with Crippen molar-refractivity contribution in [2.24, 2.45) is 0 Å². The third-order valence-electron chi connectivity index (χ3n) is 10.3. The van der Waals surface area contributed by atoms with Crippen LogP contribution in [0.25, 0.3) is 0 Å². The van der Waals surface area contributed by atoms with E-state index in [0.29, 0.717) is 28.7 Å². The van der Waals surface area contributed by atoms with Gasteiger partial charge in [0.1, 0.15) is 0 Å². The lowest BCUT2D eigenvalue weighted by molar-refractivity contribution is -0.144. The highest BCUT2D eigenvalue weighted by Gasteiger charge is 2.42. The first-order valence-electron chi connectivity index (χ1n) is 17.6. The van der Waals surface area contributed by atoms with Crippen LogP contribution in [-0.4, -0.2) is 0 Å². The van der Waals surface area contributed by atoms with Crippen LogP contribution in [0.3, 0.4) is 0 Å². The molecule has 0 aliphatic heterocycles. The van der Waals surface area contributed by atoms with E-state index in [9.17, 15) is 52.7 Å². The average Bonchev–Trinajstić information content (AvgIpc) is 3.67. The second-order valence-corrected chi connectivity index (χ2v) is 19.5. The molecule has 316 valence electrons. The van der Waals surface area contributed by atoms with E-state index in [4.69, 9.17) is 5.73 Å². The molecule has 2 nitrogen and oxygen atoms in total. The number of nitrogen functional groups attached to an aromatic ring is 1. The fourth-order valence-corrected chi connectivity index (χ4v) is 10.7. The first-order chi connectivity index (χ1) is 25.6. The molecule has 0 fully saturated rings. The number of thiophene rings is 2. The number of halogens is 13. The predicted octanol–water partition coefficient (Wildman–Crippen LogP) is 16.0. The summed E-state index contributed by atoms with van der Waals surface area (Å²) in [6.07, 6.45) is -15.0. The number of hydrogen-bond donors (Lipinski definition) is 2. The second kappa shape index (κ2) is 15.6. The zero-order valence-corrected chi connectivity index (χ0v) is 35.5. The topological polar surface area (TPSA) is 38.0 Å². The van der Waals surface area contributed by atoms with E-state index in [1.807, 2.05) is 25.2 Å². The highest BCUT2D eigenvalue weighted by Crippen LogP contribution is 2.53. The molecule has 0 amide bonds. The summed E-state index contributed by atoms with van der Waals surface area (Å²) in [5.74, 6) is 0. The van der Waals surface area contributed by atoms with Crippen LogP contribution >= 0.6 is 38.6 Å². The van der Waals surface area contributed by atoms with Crippen molar-refractivity contribution in [2.45, 2.75) is 127 Å². The van der Waals surface area contributed by atoms with Crippen LogP contribution < -0.4 is 11.1 Å². The number of fused-ring (bicyclic) bond motifs is 2. The Labute approximate surface area is 340 Å². The Balaban J connectivity index is 0.000000209. The summed E-state index contributed by atoms with van der Waals surface area (Å²) in [6, 6.07) is 2.52. The van der Waals surface area contributed by atoms with Crippen molar-refractivity contribution in [3.05, 3.63) is 94.8 Å². The van der Waals surface area contributed by atoms with Gasteiger partial charge in [0.25, 0.3) is 0 Å². The van der Waals surface area contributed by atoms with Crippen LogP contribution in [0.1, 0.15) is 124 Å². The van der Waals surface area contributed by atoms with Gasteiger partial charge in [-0.3, -0.25) is 0 Å². The summed E-state index contributed by atoms with van der Waals surface area (Å²) in [6.45, 7) is 17.8. The summed E-state index contributed by atoms with van der Waals surface area (Å²) in [4.78, 5) is 2.70. The number of hydrogen-bond acceptors (Lipinski definition) is 4. The molecular weight excluding hydrogens is 880 g/mol. The molecule has 0 saturated heterocycles. The van der Waals surface area contributed by atoms with Crippen LogP contribution in [0.4, 0.5) is 69.7 Å². The van der Waals surface area contributed by atoms with Crippen LogP contribution in [0.2, 0.25) is 0 Å². The van der Waals surface area contributed by atoms with Gasteiger partial charge in [0.2, 0.25) is 0 Å². The zero-order valence-electron chi connectivity index (χ0n) is 32.3. The van der Waals surface area contributed by atoms with E-state index in [0.717, 1.165) is 35.4 Å². The van der Waals surface area contributed by atoms with Crippen LogP contribution in [-0.2, 0) is 46.4 Å². The highest BCUT2D eigenvalue weighted by atomic mass is 79.9. The first kappa shape index (κ1) is 46.8. The van der Waals surface area contributed by atoms with E-state index in [1.54, 1.807) is 15.8 Å². The van der Waals surface area contributed by atoms with Gasteiger partial charge in [-0.25, -0.2) is 0 Å². The zero-order chi connectivity index (χ0) is 43.5. The number of nitrogens with one attached hydrogen (secondary N) is 1. The van der Waals surface area contributed by atoms with Gasteiger partial charge in [-0.15, -0.1) is 22.7 Å². The molecule has 2 aromatic carbocycles. The molecule has 2 aliphatic carbocycles. The standard InChI is InChI=1S/C20H21F6NS.C12H17BrS.C8H5F6N/c1-17(2)5-6-18(3,4)16-15(17)14(10-28-16)27-13-8-11(19(21,22)23)7-12(9-13)20(24,25)26;1-11(2)5-6-12(3,4)10-9(11)8(13)7-14-10;9-7(10,11)4-1-5(8(12,13)14)3-6(15)2-4/h7-10,27H,5-6H2,1-4H3;7H,5-6H2,1-4H3;1-3H,15H2. The second-order valence-electron chi connectivity index (χ2n) is 16.9. The van der Waals surface area contributed by atoms with Crippen molar-refractivity contribution in [3.8, 4) is 0 Å². The third kappa shape index (κ3) is 10.8. The fraction of sp³-hybridized carbons (Fsp3) is 0.500. The van der Waals surface area contributed by atoms with Gasteiger partial charge in [0, 0.05) is 36.4 Å². The minimum Gasteiger partial charge on any atom is -0.399 e. The summed E-state index contributed by atoms with van der Waals surface area (Å²) >= 11 is 7.10. The monoisotopic (exact) mass is 922 g/mol. The highest BCUT2D eigenvalue weighted by molar-refractivity contribution is 9.10. The summed E-state index contributed by atoms with van der Waals surface area (Å²) < 4.78 is 153. The molecule has 0 bridgehead atoms. The van der Waals surface area contributed by atoms with Crippen molar-refractivity contribution in [2.75, 3.05) is 11.1 Å². The van der Waals surface area contributed by atoms with E-state index >= 15 is 0 Å². The summed E-state index contributed by atoms with van der Waals surface area (Å²) in [5.41, 5.74) is 2.22. The van der Waals surface area contributed by atoms with Gasteiger partial charge in [0.15, 0.2) is 0 Å². The summed E-state index contributed by atoms with van der Waals surface area (Å²) in [7, 11) is 0. The van der Waals surface area contributed by atoms with E-state index < -0.39 is 52.6 Å². The van der Waals surface area contributed by atoms with Crippen LogP contribution in [0, 0.1) is 0 Å². The molecule has 0 atom stereocenters. The lowest BCUT2D eigenvalue weighted by Gasteiger charge is -2.40. The normalized spacial score (nSPS) is 18.3. The predicted molar refractivity (Wildman–Crippen MR) is 207 cm³/mol. The van der Waals surface area contributed by atoms with Gasteiger partial charge >= 0.3 is 24.7 Å². The molecule has 0 saturated carbocycles. The smallest absolute Gasteiger partial charge is 0.399 e. The lowest BCUT2D eigenvalue weighted by Crippen LogP contribution is -2.32. The molecule has 57 heavy (non-hydrogen) atoms. The Morgan fingerprint density at radius 1 is 0.509 bits per heavy atom. The SMILES string of the molecule is CC1(C)CCC(C)(C)c2c(Br)csc21.CC1(C)CCC(C)(C)c2c(Nc3cc(C(F)(F)F)cc(C(F)(F)F)c3)csc21.Nc1cc(C(F)(F)F)cc(C(F)(F)F)c1.